The van der Waals surface area contributed by atoms with Gasteiger partial charge in [0.05, 0.1) is 6.10 Å². The first kappa shape index (κ1) is 11.2. The van der Waals surface area contributed by atoms with E-state index in [-0.39, 0.29) is 6.04 Å². The van der Waals surface area contributed by atoms with Gasteiger partial charge in [0, 0.05) is 35.8 Å². The van der Waals surface area contributed by atoms with Gasteiger partial charge in [-0.15, -0.1) is 0 Å². The highest BCUT2D eigenvalue weighted by molar-refractivity contribution is 5.84. The lowest BCUT2D eigenvalue weighted by Gasteiger charge is -2.17. The molecule has 2 N–H and O–H groups in total. The molecule has 16 heavy (non-hydrogen) atoms. The molecule has 0 bridgehead atoms. The van der Waals surface area contributed by atoms with Gasteiger partial charge in [0.25, 0.3) is 0 Å². The molecule has 0 saturated carbocycles. The fourth-order valence-electron chi connectivity index (χ4n) is 2.04. The molecule has 3 heteroatoms. The molecule has 0 aliphatic heterocycles. The summed E-state index contributed by atoms with van der Waals surface area (Å²) < 4.78 is 2.05. The fourth-order valence-corrected chi connectivity index (χ4v) is 2.04. The summed E-state index contributed by atoms with van der Waals surface area (Å²) in [5.41, 5.74) is 2.14. The van der Waals surface area contributed by atoms with Crippen molar-refractivity contribution in [2.45, 2.75) is 19.1 Å². The Morgan fingerprint density at radius 3 is 2.69 bits per heavy atom. The smallest absolute Gasteiger partial charge is 0.0960 e. The first-order valence-corrected chi connectivity index (χ1v) is 5.54. The summed E-state index contributed by atoms with van der Waals surface area (Å²) in [5, 5.41) is 14.4. The second-order valence-electron chi connectivity index (χ2n) is 4.23. The summed E-state index contributed by atoms with van der Waals surface area (Å²) in [6.07, 6.45) is 1.53. The Bertz CT molecular complexity index is 490. The number of hydrogen-bond acceptors (Lipinski definition) is 2. The van der Waals surface area contributed by atoms with Crippen molar-refractivity contribution in [3.05, 3.63) is 36.0 Å². The van der Waals surface area contributed by atoms with Gasteiger partial charge in [-0.05, 0) is 20.0 Å². The molecule has 0 amide bonds. The molecule has 3 nitrogen and oxygen atoms in total. The monoisotopic (exact) mass is 218 g/mol. The van der Waals surface area contributed by atoms with Gasteiger partial charge in [0.2, 0.25) is 0 Å². The minimum atomic E-state index is -0.476. The first-order valence-electron chi connectivity index (χ1n) is 5.54. The van der Waals surface area contributed by atoms with Crippen LogP contribution in [0.5, 0.6) is 0 Å². The SMILES string of the molecule is CN[C@H](C)C(O)c1cn(C)c2ccccc12. The topological polar surface area (TPSA) is 37.2 Å². The minimum absolute atomic E-state index is 0.0470. The molecule has 86 valence electrons. The molecule has 0 saturated heterocycles. The Balaban J connectivity index is 2.52. The first-order chi connectivity index (χ1) is 7.65. The highest BCUT2D eigenvalue weighted by Gasteiger charge is 2.18. The maximum absolute atomic E-state index is 10.2. The van der Waals surface area contributed by atoms with E-state index >= 15 is 0 Å². The number of hydrogen-bond donors (Lipinski definition) is 2. The van der Waals surface area contributed by atoms with Gasteiger partial charge in [-0.3, -0.25) is 0 Å². The number of fused-ring (bicyclic) bond motifs is 1. The van der Waals surface area contributed by atoms with E-state index in [1.54, 1.807) is 0 Å². The lowest BCUT2D eigenvalue weighted by molar-refractivity contribution is 0.141. The van der Waals surface area contributed by atoms with Crippen LogP contribution in [0.25, 0.3) is 10.9 Å². The zero-order chi connectivity index (χ0) is 11.7. The van der Waals surface area contributed by atoms with Gasteiger partial charge < -0.3 is 15.0 Å². The van der Waals surface area contributed by atoms with Crippen LogP contribution in [0.4, 0.5) is 0 Å². The Labute approximate surface area is 95.7 Å². The van der Waals surface area contributed by atoms with E-state index in [0.29, 0.717) is 0 Å². The number of rotatable bonds is 3. The number of aromatic nitrogens is 1. The highest BCUT2D eigenvalue weighted by atomic mass is 16.3. The zero-order valence-corrected chi connectivity index (χ0v) is 9.94. The molecule has 0 spiro atoms. The van der Waals surface area contributed by atoms with Gasteiger partial charge in [-0.25, -0.2) is 0 Å². The molecule has 0 fully saturated rings. The normalized spacial score (nSPS) is 15.2. The van der Waals surface area contributed by atoms with Crippen LogP contribution >= 0.6 is 0 Å². The second kappa shape index (κ2) is 4.28. The molecule has 1 heterocycles. The van der Waals surface area contributed by atoms with Gasteiger partial charge in [0.15, 0.2) is 0 Å². The van der Waals surface area contributed by atoms with Crippen LogP contribution in [0, 0.1) is 0 Å². The third kappa shape index (κ3) is 1.72. The van der Waals surface area contributed by atoms with Crippen LogP contribution in [0.2, 0.25) is 0 Å². The largest absolute Gasteiger partial charge is 0.387 e. The average Bonchev–Trinajstić information content (AvgIpc) is 2.65. The van der Waals surface area contributed by atoms with Crippen LogP contribution in [-0.2, 0) is 7.05 Å². The molecular weight excluding hydrogens is 200 g/mol. The zero-order valence-electron chi connectivity index (χ0n) is 9.94. The van der Waals surface area contributed by atoms with E-state index < -0.39 is 6.10 Å². The molecule has 0 aliphatic rings. The van der Waals surface area contributed by atoms with E-state index in [2.05, 4.69) is 22.0 Å². The predicted molar refractivity (Wildman–Crippen MR) is 66.4 cm³/mol. The van der Waals surface area contributed by atoms with Crippen molar-refractivity contribution in [1.82, 2.24) is 9.88 Å². The Kier molecular flexibility index (Phi) is 2.99. The maximum Gasteiger partial charge on any atom is 0.0960 e. The molecule has 1 aromatic heterocycles. The van der Waals surface area contributed by atoms with Crippen LogP contribution < -0.4 is 5.32 Å². The Morgan fingerprint density at radius 1 is 1.31 bits per heavy atom. The van der Waals surface area contributed by atoms with Crippen LogP contribution in [0.15, 0.2) is 30.5 Å². The third-order valence-corrected chi connectivity index (χ3v) is 3.18. The lowest BCUT2D eigenvalue weighted by Crippen LogP contribution is -2.28. The van der Waals surface area contributed by atoms with E-state index in [1.165, 1.54) is 0 Å². The maximum atomic E-state index is 10.2. The molecule has 0 aliphatic carbocycles. The number of aryl methyl sites for hydroxylation is 1. The van der Waals surface area contributed by atoms with Gasteiger partial charge in [-0.1, -0.05) is 18.2 Å². The van der Waals surface area contributed by atoms with Crippen LogP contribution in [0.1, 0.15) is 18.6 Å². The summed E-state index contributed by atoms with van der Waals surface area (Å²) in [5.74, 6) is 0. The van der Waals surface area contributed by atoms with Crippen LogP contribution in [0.3, 0.4) is 0 Å². The third-order valence-electron chi connectivity index (χ3n) is 3.18. The van der Waals surface area contributed by atoms with Crippen molar-refractivity contribution < 1.29 is 5.11 Å². The van der Waals surface area contributed by atoms with E-state index in [1.807, 2.05) is 39.3 Å². The molecule has 1 unspecified atom stereocenters. The summed E-state index contributed by atoms with van der Waals surface area (Å²) in [4.78, 5) is 0. The number of benzene rings is 1. The van der Waals surface area contributed by atoms with Crippen molar-refractivity contribution in [1.29, 1.82) is 0 Å². The lowest BCUT2D eigenvalue weighted by atomic mass is 10.0. The van der Waals surface area contributed by atoms with Crippen molar-refractivity contribution in [2.75, 3.05) is 7.05 Å². The molecule has 2 aromatic rings. The van der Waals surface area contributed by atoms with Crippen molar-refractivity contribution in [2.24, 2.45) is 7.05 Å². The number of likely N-dealkylation sites (N-methyl/N-ethyl adjacent to an activating group) is 1. The summed E-state index contributed by atoms with van der Waals surface area (Å²) in [7, 11) is 3.86. The summed E-state index contributed by atoms with van der Waals surface area (Å²) in [6.45, 7) is 1.98. The number of para-hydroxylation sites is 1. The molecular formula is C13H18N2O. The average molecular weight is 218 g/mol. The number of nitrogens with one attached hydrogen (secondary N) is 1. The highest BCUT2D eigenvalue weighted by Crippen LogP contribution is 2.27. The number of aliphatic hydroxyl groups excluding tert-OH is 1. The van der Waals surface area contributed by atoms with Gasteiger partial charge in [-0.2, -0.15) is 0 Å². The summed E-state index contributed by atoms with van der Waals surface area (Å²) >= 11 is 0. The van der Waals surface area contributed by atoms with E-state index in [9.17, 15) is 5.11 Å². The Morgan fingerprint density at radius 2 is 2.00 bits per heavy atom. The fraction of sp³-hybridized carbons (Fsp3) is 0.385. The minimum Gasteiger partial charge on any atom is -0.387 e. The standard InChI is InChI=1S/C13H18N2O/c1-9(14-2)13(16)11-8-15(3)12-7-5-4-6-10(11)12/h4-9,13-14,16H,1-3H3/t9-,13?/m1/s1. The molecule has 1 aromatic carbocycles. The van der Waals surface area contributed by atoms with E-state index in [4.69, 9.17) is 0 Å². The summed E-state index contributed by atoms with van der Waals surface area (Å²) in [6, 6.07) is 8.18. The van der Waals surface area contributed by atoms with E-state index in [0.717, 1.165) is 16.5 Å². The van der Waals surface area contributed by atoms with Crippen molar-refractivity contribution in [3.63, 3.8) is 0 Å². The van der Waals surface area contributed by atoms with Gasteiger partial charge >= 0.3 is 0 Å². The van der Waals surface area contributed by atoms with Crippen LogP contribution in [-0.4, -0.2) is 22.8 Å². The van der Waals surface area contributed by atoms with Crippen molar-refractivity contribution in [3.8, 4) is 0 Å². The number of nitrogens with zero attached hydrogens (tertiary/aromatic N) is 1. The number of aliphatic hydroxyl groups is 1. The molecule has 0 radical (unpaired) electrons. The van der Waals surface area contributed by atoms with Crippen molar-refractivity contribution >= 4 is 10.9 Å². The molecule has 2 rings (SSSR count). The second-order valence-corrected chi connectivity index (χ2v) is 4.23. The predicted octanol–water partition coefficient (Wildman–Crippen LogP) is 1.82. The molecule has 2 atom stereocenters. The quantitative estimate of drug-likeness (QED) is 0.824. The Hall–Kier alpha value is -1.32. The van der Waals surface area contributed by atoms with Gasteiger partial charge in [0.1, 0.15) is 0 Å².